The Balaban J connectivity index is 2.27. The van der Waals surface area contributed by atoms with Crippen molar-refractivity contribution in [3.8, 4) is 22.8 Å². The molecule has 0 bridgehead atoms. The molecule has 0 spiro atoms. The summed E-state index contributed by atoms with van der Waals surface area (Å²) in [4.78, 5) is 0. The van der Waals surface area contributed by atoms with E-state index < -0.39 is 0 Å². The topological polar surface area (TPSA) is 70.5 Å². The third-order valence-electron chi connectivity index (χ3n) is 3.17. The van der Waals surface area contributed by atoms with E-state index in [2.05, 4.69) is 19.0 Å². The summed E-state index contributed by atoms with van der Waals surface area (Å²) in [6, 6.07) is 3.40. The number of halogens is 1. The molecule has 0 fully saturated rings. The smallest absolute Gasteiger partial charge is 0.170 e. The molecule has 6 heteroatoms. The van der Waals surface area contributed by atoms with Crippen molar-refractivity contribution in [1.29, 1.82) is 0 Å². The van der Waals surface area contributed by atoms with Gasteiger partial charge in [-0.05, 0) is 5.92 Å². The number of rotatable bonds is 2. The Hall–Kier alpha value is -1.88. The van der Waals surface area contributed by atoms with Gasteiger partial charge in [-0.3, -0.25) is 0 Å². The summed E-state index contributed by atoms with van der Waals surface area (Å²) in [5, 5.41) is 4.25. The molecule has 0 radical (unpaired) electrons. The largest absolute Gasteiger partial charge is 0.486 e. The lowest BCUT2D eigenvalue weighted by molar-refractivity contribution is 0.169. The van der Waals surface area contributed by atoms with Gasteiger partial charge in [0, 0.05) is 23.3 Å². The highest BCUT2D eigenvalue weighted by molar-refractivity contribution is 6.33. The molecule has 1 aromatic heterocycles. The zero-order chi connectivity index (χ0) is 14.3. The van der Waals surface area contributed by atoms with Gasteiger partial charge in [0.15, 0.2) is 23.1 Å². The van der Waals surface area contributed by atoms with Crippen LogP contribution in [-0.4, -0.2) is 18.4 Å². The normalized spacial score (nSPS) is 13.8. The van der Waals surface area contributed by atoms with Gasteiger partial charge in [0.25, 0.3) is 0 Å². The predicted molar refractivity (Wildman–Crippen MR) is 76.4 cm³/mol. The second-order valence-electron chi connectivity index (χ2n) is 4.94. The number of fused-ring (bicyclic) bond motifs is 1. The van der Waals surface area contributed by atoms with Gasteiger partial charge in [0.05, 0.1) is 5.02 Å². The van der Waals surface area contributed by atoms with E-state index in [0.717, 1.165) is 16.9 Å². The van der Waals surface area contributed by atoms with E-state index in [9.17, 15) is 0 Å². The first-order valence-corrected chi connectivity index (χ1v) is 6.80. The van der Waals surface area contributed by atoms with Crippen LogP contribution in [-0.2, 0) is 0 Å². The Morgan fingerprint density at radius 1 is 1.25 bits per heavy atom. The lowest BCUT2D eigenvalue weighted by atomic mass is 9.93. The first kappa shape index (κ1) is 13.1. The number of aromatic nitrogens is 1. The van der Waals surface area contributed by atoms with Crippen LogP contribution in [0.2, 0.25) is 5.02 Å². The molecular formula is C14H15ClN2O3. The molecule has 2 N–H and O–H groups in total. The molecule has 0 unspecified atom stereocenters. The average molecular weight is 295 g/mol. The quantitative estimate of drug-likeness (QED) is 0.918. The number of hydrogen-bond acceptors (Lipinski definition) is 5. The van der Waals surface area contributed by atoms with Crippen LogP contribution in [0.4, 0.5) is 5.82 Å². The molecule has 2 heterocycles. The molecule has 1 aromatic carbocycles. The standard InChI is InChI=1S/C14H15ClN2O3/c1-7(2)12-13(9-6-11(16)17-20-9)8(15)5-10-14(12)19-4-3-18-10/h5-7H,3-4H2,1-2H3,(H2,16,17). The average Bonchev–Trinajstić information content (AvgIpc) is 2.83. The van der Waals surface area contributed by atoms with Gasteiger partial charge in [-0.25, -0.2) is 0 Å². The minimum Gasteiger partial charge on any atom is -0.486 e. The number of ether oxygens (including phenoxy) is 2. The maximum Gasteiger partial charge on any atom is 0.170 e. The van der Waals surface area contributed by atoms with Crippen LogP contribution in [0.25, 0.3) is 11.3 Å². The summed E-state index contributed by atoms with van der Waals surface area (Å²) < 4.78 is 16.6. The summed E-state index contributed by atoms with van der Waals surface area (Å²) in [6.45, 7) is 5.17. The fourth-order valence-electron chi connectivity index (χ4n) is 2.39. The van der Waals surface area contributed by atoms with Crippen LogP contribution in [0.1, 0.15) is 25.3 Å². The van der Waals surface area contributed by atoms with E-state index in [-0.39, 0.29) is 5.92 Å². The highest BCUT2D eigenvalue weighted by Crippen LogP contribution is 2.47. The van der Waals surface area contributed by atoms with Gasteiger partial charge in [-0.1, -0.05) is 30.6 Å². The van der Waals surface area contributed by atoms with Crippen LogP contribution in [0, 0.1) is 0 Å². The number of nitrogen functional groups attached to an aromatic ring is 1. The van der Waals surface area contributed by atoms with Crippen LogP contribution in [0.15, 0.2) is 16.7 Å². The van der Waals surface area contributed by atoms with Crippen LogP contribution < -0.4 is 15.2 Å². The van der Waals surface area contributed by atoms with Gasteiger partial charge in [0.2, 0.25) is 0 Å². The Labute approximate surface area is 121 Å². The number of benzene rings is 1. The van der Waals surface area contributed by atoms with Crippen LogP contribution in [0.3, 0.4) is 0 Å². The Morgan fingerprint density at radius 2 is 2.00 bits per heavy atom. The summed E-state index contributed by atoms with van der Waals surface area (Å²) in [6.07, 6.45) is 0. The van der Waals surface area contributed by atoms with Crippen LogP contribution in [0.5, 0.6) is 11.5 Å². The summed E-state index contributed by atoms with van der Waals surface area (Å²) in [7, 11) is 0. The third kappa shape index (κ3) is 2.08. The second-order valence-corrected chi connectivity index (χ2v) is 5.35. The molecule has 0 saturated heterocycles. The summed E-state index contributed by atoms with van der Waals surface area (Å²) in [5.41, 5.74) is 7.33. The van der Waals surface area contributed by atoms with E-state index >= 15 is 0 Å². The molecule has 2 aromatic rings. The Kier molecular flexibility index (Phi) is 3.22. The fourth-order valence-corrected chi connectivity index (χ4v) is 2.68. The van der Waals surface area contributed by atoms with E-state index in [1.54, 1.807) is 12.1 Å². The first-order valence-electron chi connectivity index (χ1n) is 6.42. The molecule has 0 atom stereocenters. The van der Waals surface area contributed by atoms with Crippen LogP contribution >= 0.6 is 11.6 Å². The van der Waals surface area contributed by atoms with E-state index in [0.29, 0.717) is 35.6 Å². The van der Waals surface area contributed by atoms with Gasteiger partial charge in [-0.2, -0.15) is 0 Å². The number of nitrogens with zero attached hydrogens (tertiary/aromatic N) is 1. The minimum atomic E-state index is 0.186. The maximum absolute atomic E-state index is 6.39. The zero-order valence-electron chi connectivity index (χ0n) is 11.3. The Bertz CT molecular complexity index is 652. The molecule has 20 heavy (non-hydrogen) atoms. The molecule has 106 valence electrons. The van der Waals surface area contributed by atoms with Gasteiger partial charge in [0.1, 0.15) is 13.2 Å². The molecule has 0 amide bonds. The molecule has 3 rings (SSSR count). The maximum atomic E-state index is 6.39. The summed E-state index contributed by atoms with van der Waals surface area (Å²) >= 11 is 6.39. The highest BCUT2D eigenvalue weighted by Gasteiger charge is 2.26. The van der Waals surface area contributed by atoms with Crippen molar-refractivity contribution in [2.75, 3.05) is 18.9 Å². The summed E-state index contributed by atoms with van der Waals surface area (Å²) in [5.74, 6) is 2.43. The zero-order valence-corrected chi connectivity index (χ0v) is 12.0. The molecule has 0 saturated carbocycles. The lowest BCUT2D eigenvalue weighted by Gasteiger charge is -2.25. The fraction of sp³-hybridized carbons (Fsp3) is 0.357. The van der Waals surface area contributed by atoms with Gasteiger partial charge in [-0.15, -0.1) is 0 Å². The highest BCUT2D eigenvalue weighted by atomic mass is 35.5. The van der Waals surface area contributed by atoms with Crippen molar-refractivity contribution < 1.29 is 14.0 Å². The van der Waals surface area contributed by atoms with E-state index in [4.69, 9.17) is 31.3 Å². The van der Waals surface area contributed by atoms with Gasteiger partial charge < -0.3 is 19.7 Å². The second kappa shape index (κ2) is 4.90. The van der Waals surface area contributed by atoms with E-state index in [1.165, 1.54) is 0 Å². The SMILES string of the molecule is CC(C)c1c2c(cc(Cl)c1-c1cc(N)no1)OCCO2. The monoisotopic (exact) mass is 294 g/mol. The molecule has 1 aliphatic rings. The van der Waals surface area contributed by atoms with Crippen molar-refractivity contribution >= 4 is 17.4 Å². The number of anilines is 1. The molecule has 5 nitrogen and oxygen atoms in total. The predicted octanol–water partition coefficient (Wildman–Crippen LogP) is 3.47. The minimum absolute atomic E-state index is 0.186. The third-order valence-corrected chi connectivity index (χ3v) is 3.47. The molecular weight excluding hydrogens is 280 g/mol. The van der Waals surface area contributed by atoms with Crippen molar-refractivity contribution in [3.05, 3.63) is 22.7 Å². The van der Waals surface area contributed by atoms with Crippen molar-refractivity contribution in [2.24, 2.45) is 0 Å². The van der Waals surface area contributed by atoms with Crippen molar-refractivity contribution in [3.63, 3.8) is 0 Å². The van der Waals surface area contributed by atoms with E-state index in [1.807, 2.05) is 0 Å². The first-order chi connectivity index (χ1) is 9.58. The van der Waals surface area contributed by atoms with Crippen molar-refractivity contribution in [2.45, 2.75) is 19.8 Å². The number of nitrogens with two attached hydrogens (primary N) is 1. The van der Waals surface area contributed by atoms with Gasteiger partial charge >= 0.3 is 0 Å². The Morgan fingerprint density at radius 3 is 2.65 bits per heavy atom. The number of hydrogen-bond donors (Lipinski definition) is 1. The van der Waals surface area contributed by atoms with Crippen molar-refractivity contribution in [1.82, 2.24) is 5.16 Å². The molecule has 0 aliphatic carbocycles. The molecule has 1 aliphatic heterocycles. The lowest BCUT2D eigenvalue weighted by Crippen LogP contribution is -2.17.